The molecule has 0 bridgehead atoms. The molecule has 19 heavy (non-hydrogen) atoms. The first kappa shape index (κ1) is 16.1. The zero-order valence-corrected chi connectivity index (χ0v) is 12.7. The van der Waals surface area contributed by atoms with Gasteiger partial charge in [-0.3, -0.25) is 0 Å². The number of aliphatic carboxylic acids is 1. The highest BCUT2D eigenvalue weighted by atomic mass is 32.2. The summed E-state index contributed by atoms with van der Waals surface area (Å²) < 4.78 is 0. The second-order valence-electron chi connectivity index (χ2n) is 5.12. The summed E-state index contributed by atoms with van der Waals surface area (Å²) in [7, 11) is 0. The smallest absolute Gasteiger partial charge is 0.329 e. The van der Waals surface area contributed by atoms with E-state index in [1.807, 2.05) is 11.8 Å². The van der Waals surface area contributed by atoms with Crippen LogP contribution in [0.1, 0.15) is 46.5 Å². The minimum Gasteiger partial charge on any atom is -0.480 e. The van der Waals surface area contributed by atoms with E-state index in [1.54, 1.807) is 6.92 Å². The minimum atomic E-state index is -1.20. The minimum absolute atomic E-state index is 0.153. The van der Waals surface area contributed by atoms with Crippen molar-refractivity contribution in [2.75, 3.05) is 5.75 Å². The van der Waals surface area contributed by atoms with Gasteiger partial charge in [-0.15, -0.1) is 0 Å². The van der Waals surface area contributed by atoms with Gasteiger partial charge in [-0.05, 0) is 31.9 Å². The molecule has 0 spiro atoms. The van der Waals surface area contributed by atoms with E-state index in [2.05, 4.69) is 17.6 Å². The van der Waals surface area contributed by atoms with Crippen molar-refractivity contribution < 1.29 is 14.7 Å². The monoisotopic (exact) mass is 288 g/mol. The normalized spacial score (nSPS) is 25.6. The van der Waals surface area contributed by atoms with E-state index in [1.165, 1.54) is 6.92 Å². The van der Waals surface area contributed by atoms with Crippen molar-refractivity contribution in [1.82, 2.24) is 10.6 Å². The van der Waals surface area contributed by atoms with Crippen molar-refractivity contribution >= 4 is 23.8 Å². The van der Waals surface area contributed by atoms with E-state index >= 15 is 0 Å². The van der Waals surface area contributed by atoms with Gasteiger partial charge in [0.2, 0.25) is 0 Å². The standard InChI is InChI=1S/C13H24N2O3S/c1-4-13(3,11(16)17)15-12(18)14-9-7-6-8-10(9)19-5-2/h9-10H,4-8H2,1-3H3,(H,16,17)(H2,14,15,18). The molecule has 3 atom stereocenters. The van der Waals surface area contributed by atoms with Crippen molar-refractivity contribution in [3.63, 3.8) is 0 Å². The van der Waals surface area contributed by atoms with E-state index in [0.29, 0.717) is 11.7 Å². The van der Waals surface area contributed by atoms with Crippen LogP contribution in [0.5, 0.6) is 0 Å². The molecule has 1 aliphatic rings. The van der Waals surface area contributed by atoms with Crippen molar-refractivity contribution in [2.45, 2.75) is 63.3 Å². The van der Waals surface area contributed by atoms with E-state index in [0.717, 1.165) is 25.0 Å². The Morgan fingerprint density at radius 3 is 2.58 bits per heavy atom. The molecule has 3 unspecified atom stereocenters. The summed E-state index contributed by atoms with van der Waals surface area (Å²) in [5.41, 5.74) is -1.20. The van der Waals surface area contributed by atoms with Crippen molar-refractivity contribution in [1.29, 1.82) is 0 Å². The Labute approximate surface area is 118 Å². The second-order valence-corrected chi connectivity index (χ2v) is 6.64. The summed E-state index contributed by atoms with van der Waals surface area (Å²) in [6.07, 6.45) is 3.56. The molecule has 0 aliphatic heterocycles. The third-order valence-electron chi connectivity index (χ3n) is 3.72. The van der Waals surface area contributed by atoms with Gasteiger partial charge in [-0.25, -0.2) is 9.59 Å². The lowest BCUT2D eigenvalue weighted by Crippen LogP contribution is -2.56. The maximum absolute atomic E-state index is 11.9. The molecule has 0 radical (unpaired) electrons. The fourth-order valence-electron chi connectivity index (χ4n) is 2.25. The van der Waals surface area contributed by atoms with Gasteiger partial charge in [-0.1, -0.05) is 20.3 Å². The van der Waals surface area contributed by atoms with Gasteiger partial charge < -0.3 is 15.7 Å². The Bertz CT molecular complexity index is 338. The molecule has 0 saturated heterocycles. The number of hydrogen-bond acceptors (Lipinski definition) is 3. The van der Waals surface area contributed by atoms with Gasteiger partial charge >= 0.3 is 12.0 Å². The van der Waals surface area contributed by atoms with Crippen molar-refractivity contribution in [3.8, 4) is 0 Å². The summed E-state index contributed by atoms with van der Waals surface area (Å²) >= 11 is 1.86. The van der Waals surface area contributed by atoms with Gasteiger partial charge in [0, 0.05) is 11.3 Å². The average Bonchev–Trinajstić information content (AvgIpc) is 2.76. The molecule has 6 heteroatoms. The number of nitrogens with one attached hydrogen (secondary N) is 2. The van der Waals surface area contributed by atoms with Crippen LogP contribution < -0.4 is 10.6 Å². The van der Waals surface area contributed by atoms with E-state index in [4.69, 9.17) is 5.11 Å². The van der Waals surface area contributed by atoms with Crippen LogP contribution in [-0.4, -0.2) is 39.7 Å². The predicted octanol–water partition coefficient (Wildman–Crippen LogP) is 2.21. The maximum Gasteiger partial charge on any atom is 0.329 e. The van der Waals surface area contributed by atoms with Crippen LogP contribution in [0.25, 0.3) is 0 Å². The Morgan fingerprint density at radius 1 is 1.37 bits per heavy atom. The maximum atomic E-state index is 11.9. The van der Waals surface area contributed by atoms with Crippen LogP contribution in [0.2, 0.25) is 0 Å². The first-order valence-corrected chi connectivity index (χ1v) is 7.91. The predicted molar refractivity (Wildman–Crippen MR) is 77.6 cm³/mol. The van der Waals surface area contributed by atoms with Crippen LogP contribution in [0.4, 0.5) is 4.79 Å². The van der Waals surface area contributed by atoms with Crippen molar-refractivity contribution in [3.05, 3.63) is 0 Å². The molecular weight excluding hydrogens is 264 g/mol. The van der Waals surface area contributed by atoms with Crippen LogP contribution in [0.3, 0.4) is 0 Å². The van der Waals surface area contributed by atoms with E-state index < -0.39 is 11.5 Å². The van der Waals surface area contributed by atoms with Gasteiger partial charge in [0.1, 0.15) is 5.54 Å². The molecule has 110 valence electrons. The molecule has 0 aromatic carbocycles. The summed E-state index contributed by atoms with van der Waals surface area (Å²) in [4.78, 5) is 23.1. The van der Waals surface area contributed by atoms with Gasteiger partial charge in [0.05, 0.1) is 0 Å². The first-order valence-electron chi connectivity index (χ1n) is 6.86. The molecule has 0 aromatic rings. The van der Waals surface area contributed by atoms with Gasteiger partial charge in [-0.2, -0.15) is 11.8 Å². The number of amides is 2. The van der Waals surface area contributed by atoms with Crippen LogP contribution in [0.15, 0.2) is 0 Å². The summed E-state index contributed by atoms with van der Waals surface area (Å²) in [6, 6.07) is -0.222. The fraction of sp³-hybridized carbons (Fsp3) is 0.846. The number of thioether (sulfide) groups is 1. The molecule has 1 saturated carbocycles. The fourth-order valence-corrected chi connectivity index (χ4v) is 3.45. The molecule has 0 aromatic heterocycles. The number of carbonyl (C=O) groups is 2. The number of rotatable bonds is 6. The SMILES string of the molecule is CCSC1CCCC1NC(=O)NC(C)(CC)C(=O)O. The number of carboxylic acids is 1. The zero-order valence-electron chi connectivity index (χ0n) is 11.9. The van der Waals surface area contributed by atoms with E-state index in [-0.39, 0.29) is 12.1 Å². The second kappa shape index (κ2) is 7.03. The topological polar surface area (TPSA) is 78.4 Å². The third-order valence-corrected chi connectivity index (χ3v) is 5.04. The lowest BCUT2D eigenvalue weighted by Gasteiger charge is -2.27. The van der Waals surface area contributed by atoms with Gasteiger partial charge in [0.25, 0.3) is 0 Å². The molecule has 3 N–H and O–H groups in total. The van der Waals surface area contributed by atoms with Crippen molar-refractivity contribution in [2.24, 2.45) is 0 Å². The Hall–Kier alpha value is -0.910. The summed E-state index contributed by atoms with van der Waals surface area (Å²) in [5, 5.41) is 15.1. The lowest BCUT2D eigenvalue weighted by molar-refractivity contribution is -0.143. The van der Waals surface area contributed by atoms with Crippen LogP contribution >= 0.6 is 11.8 Å². The summed E-state index contributed by atoms with van der Waals surface area (Å²) in [5.74, 6) is 0.0303. The molecule has 5 nitrogen and oxygen atoms in total. The highest BCUT2D eigenvalue weighted by Crippen LogP contribution is 2.29. The molecule has 1 fully saturated rings. The van der Waals surface area contributed by atoms with Crippen LogP contribution in [-0.2, 0) is 4.79 Å². The molecule has 0 heterocycles. The number of hydrogen-bond donors (Lipinski definition) is 3. The first-order chi connectivity index (χ1) is 8.92. The van der Waals surface area contributed by atoms with Crippen LogP contribution in [0, 0.1) is 0 Å². The average molecular weight is 288 g/mol. The van der Waals surface area contributed by atoms with E-state index in [9.17, 15) is 9.59 Å². The number of carboxylic acid groups (broad SMARTS) is 1. The molecule has 2 amide bonds. The Kier molecular flexibility index (Phi) is 5.97. The third kappa shape index (κ3) is 4.30. The zero-order chi connectivity index (χ0) is 14.5. The highest BCUT2D eigenvalue weighted by Gasteiger charge is 2.35. The summed E-state index contributed by atoms with van der Waals surface area (Å²) in [6.45, 7) is 5.39. The number of carbonyl (C=O) groups excluding carboxylic acids is 1. The Morgan fingerprint density at radius 2 is 2.05 bits per heavy atom. The number of urea groups is 1. The highest BCUT2D eigenvalue weighted by molar-refractivity contribution is 7.99. The molecular formula is C13H24N2O3S. The lowest BCUT2D eigenvalue weighted by atomic mass is 10.00. The largest absolute Gasteiger partial charge is 0.480 e. The van der Waals surface area contributed by atoms with Gasteiger partial charge in [0.15, 0.2) is 0 Å². The molecule has 1 aliphatic carbocycles. The quantitative estimate of drug-likeness (QED) is 0.700. The molecule has 1 rings (SSSR count). The Balaban J connectivity index is 2.53.